The van der Waals surface area contributed by atoms with Crippen molar-refractivity contribution >= 4 is 22.0 Å². The molecule has 0 heterocycles. The molecule has 1 atom stereocenters. The van der Waals surface area contributed by atoms with Crippen molar-refractivity contribution in [1.82, 2.24) is 10.6 Å². The van der Waals surface area contributed by atoms with E-state index in [9.17, 15) is 9.90 Å². The van der Waals surface area contributed by atoms with Crippen molar-refractivity contribution in [2.24, 2.45) is 0 Å². The fourth-order valence-corrected chi connectivity index (χ4v) is 1.98. The van der Waals surface area contributed by atoms with Crippen molar-refractivity contribution in [2.45, 2.75) is 32.4 Å². The smallest absolute Gasteiger partial charge is 0.315 e. The number of rotatable bonds is 6. The molecule has 0 bridgehead atoms. The Morgan fingerprint density at radius 1 is 1.44 bits per heavy atom. The lowest BCUT2D eigenvalue weighted by molar-refractivity contribution is 0.160. The summed E-state index contributed by atoms with van der Waals surface area (Å²) in [6, 6.07) is 7.49. The van der Waals surface area contributed by atoms with E-state index in [0.717, 1.165) is 16.5 Å². The average Bonchev–Trinajstić information content (AvgIpc) is 2.34. The van der Waals surface area contributed by atoms with Crippen LogP contribution < -0.4 is 10.6 Å². The Balaban J connectivity index is 2.25. The Hall–Kier alpha value is -1.07. The highest BCUT2D eigenvalue weighted by molar-refractivity contribution is 9.10. The van der Waals surface area contributed by atoms with Gasteiger partial charge >= 0.3 is 6.03 Å². The van der Waals surface area contributed by atoms with E-state index in [1.165, 1.54) is 0 Å². The van der Waals surface area contributed by atoms with Gasteiger partial charge in [0.25, 0.3) is 0 Å². The van der Waals surface area contributed by atoms with Gasteiger partial charge in [-0.3, -0.25) is 0 Å². The Bertz CT molecular complexity index is 385. The zero-order valence-electron chi connectivity index (χ0n) is 10.4. The summed E-state index contributed by atoms with van der Waals surface area (Å²) in [6.07, 6.45) is 1.14. The van der Waals surface area contributed by atoms with E-state index in [4.69, 9.17) is 0 Å². The molecule has 0 fully saturated rings. The van der Waals surface area contributed by atoms with E-state index in [0.29, 0.717) is 13.0 Å². The van der Waals surface area contributed by atoms with Crippen LogP contribution in [0.5, 0.6) is 0 Å². The molecule has 0 spiro atoms. The molecular formula is C13H19BrN2O2. The summed E-state index contributed by atoms with van der Waals surface area (Å²) in [4.78, 5) is 11.5. The number of benzene rings is 1. The van der Waals surface area contributed by atoms with Crippen molar-refractivity contribution in [2.75, 3.05) is 6.54 Å². The number of carbonyl (C=O) groups excluding carboxylic acids is 1. The molecule has 1 aromatic carbocycles. The monoisotopic (exact) mass is 314 g/mol. The SMILES string of the molecule is CCCC(O)CNC(=O)NCc1cccc(Br)c1. The van der Waals surface area contributed by atoms with Gasteiger partial charge in [-0.1, -0.05) is 41.4 Å². The van der Waals surface area contributed by atoms with Crippen LogP contribution in [-0.2, 0) is 6.54 Å². The van der Waals surface area contributed by atoms with Gasteiger partial charge in [-0.15, -0.1) is 0 Å². The normalized spacial score (nSPS) is 11.9. The van der Waals surface area contributed by atoms with Crippen molar-refractivity contribution in [3.63, 3.8) is 0 Å². The van der Waals surface area contributed by atoms with Gasteiger partial charge in [0.15, 0.2) is 0 Å². The third kappa shape index (κ3) is 6.02. The largest absolute Gasteiger partial charge is 0.391 e. The van der Waals surface area contributed by atoms with Gasteiger partial charge in [-0.05, 0) is 24.1 Å². The van der Waals surface area contributed by atoms with Crippen molar-refractivity contribution in [3.05, 3.63) is 34.3 Å². The molecule has 0 radical (unpaired) electrons. The molecule has 0 aliphatic carbocycles. The van der Waals surface area contributed by atoms with Crippen LogP contribution >= 0.6 is 15.9 Å². The first kappa shape index (κ1) is 15.0. The van der Waals surface area contributed by atoms with Crippen LogP contribution in [0.3, 0.4) is 0 Å². The molecular weight excluding hydrogens is 296 g/mol. The molecule has 0 aromatic heterocycles. The number of carbonyl (C=O) groups is 1. The highest BCUT2D eigenvalue weighted by atomic mass is 79.9. The number of urea groups is 1. The van der Waals surface area contributed by atoms with Gasteiger partial charge in [0, 0.05) is 17.6 Å². The molecule has 0 saturated heterocycles. The van der Waals surface area contributed by atoms with Gasteiger partial charge in [0.2, 0.25) is 0 Å². The minimum Gasteiger partial charge on any atom is -0.391 e. The van der Waals surface area contributed by atoms with Crippen LogP contribution in [0.15, 0.2) is 28.7 Å². The fourth-order valence-electron chi connectivity index (χ4n) is 1.54. The molecule has 18 heavy (non-hydrogen) atoms. The second-order valence-electron chi connectivity index (χ2n) is 4.14. The van der Waals surface area contributed by atoms with Crippen molar-refractivity contribution < 1.29 is 9.90 Å². The van der Waals surface area contributed by atoms with Crippen LogP contribution in [0.2, 0.25) is 0 Å². The topological polar surface area (TPSA) is 61.4 Å². The zero-order chi connectivity index (χ0) is 13.4. The van der Waals surface area contributed by atoms with Crippen LogP contribution in [0.1, 0.15) is 25.3 Å². The first-order chi connectivity index (χ1) is 8.61. The lowest BCUT2D eigenvalue weighted by atomic mass is 10.2. The minimum atomic E-state index is -0.466. The maximum absolute atomic E-state index is 11.5. The lowest BCUT2D eigenvalue weighted by Gasteiger charge is -2.11. The van der Waals surface area contributed by atoms with E-state index in [1.807, 2.05) is 31.2 Å². The maximum atomic E-state index is 11.5. The molecule has 5 heteroatoms. The lowest BCUT2D eigenvalue weighted by Crippen LogP contribution is -2.39. The van der Waals surface area contributed by atoms with Crippen LogP contribution in [0.25, 0.3) is 0 Å². The molecule has 0 aliphatic rings. The molecule has 4 nitrogen and oxygen atoms in total. The molecule has 1 rings (SSSR count). The van der Waals surface area contributed by atoms with E-state index >= 15 is 0 Å². The van der Waals surface area contributed by atoms with Gasteiger partial charge in [0.05, 0.1) is 6.10 Å². The number of aliphatic hydroxyl groups is 1. The third-order valence-electron chi connectivity index (χ3n) is 2.46. The second-order valence-corrected chi connectivity index (χ2v) is 5.05. The number of aliphatic hydroxyl groups excluding tert-OH is 1. The summed E-state index contributed by atoms with van der Waals surface area (Å²) in [6.45, 7) is 2.75. The van der Waals surface area contributed by atoms with Crippen molar-refractivity contribution in [1.29, 1.82) is 0 Å². The first-order valence-electron chi connectivity index (χ1n) is 6.06. The number of hydrogen-bond donors (Lipinski definition) is 3. The predicted octanol–water partition coefficient (Wildman–Crippen LogP) is 2.41. The minimum absolute atomic E-state index is 0.259. The molecule has 2 amide bonds. The standard InChI is InChI=1S/C13H19BrN2O2/c1-2-4-12(17)9-16-13(18)15-8-10-5-3-6-11(14)7-10/h3,5-7,12,17H,2,4,8-9H2,1H3,(H2,15,16,18). The Labute approximate surface area is 116 Å². The van der Waals surface area contributed by atoms with Gasteiger partial charge < -0.3 is 15.7 Å². The summed E-state index contributed by atoms with van der Waals surface area (Å²) in [5.74, 6) is 0. The molecule has 0 aliphatic heterocycles. The van der Waals surface area contributed by atoms with Crippen LogP contribution in [0.4, 0.5) is 4.79 Å². The molecule has 1 unspecified atom stereocenters. The van der Waals surface area contributed by atoms with Gasteiger partial charge in [-0.25, -0.2) is 4.79 Å². The molecule has 1 aromatic rings. The first-order valence-corrected chi connectivity index (χ1v) is 6.85. The average molecular weight is 315 g/mol. The summed E-state index contributed by atoms with van der Waals surface area (Å²) >= 11 is 3.37. The van der Waals surface area contributed by atoms with E-state index in [1.54, 1.807) is 0 Å². The number of nitrogens with one attached hydrogen (secondary N) is 2. The summed E-state index contributed by atoms with van der Waals surface area (Å²) < 4.78 is 0.987. The molecule has 3 N–H and O–H groups in total. The Morgan fingerprint density at radius 3 is 2.89 bits per heavy atom. The van der Waals surface area contributed by atoms with E-state index in [-0.39, 0.29) is 12.6 Å². The van der Waals surface area contributed by atoms with Gasteiger partial charge in [-0.2, -0.15) is 0 Å². The van der Waals surface area contributed by atoms with E-state index in [2.05, 4.69) is 26.6 Å². The Morgan fingerprint density at radius 2 is 2.22 bits per heavy atom. The fraction of sp³-hybridized carbons (Fsp3) is 0.462. The summed E-state index contributed by atoms with van der Waals surface area (Å²) in [7, 11) is 0. The summed E-state index contributed by atoms with van der Waals surface area (Å²) in [5, 5.41) is 14.9. The van der Waals surface area contributed by atoms with E-state index < -0.39 is 6.10 Å². The highest BCUT2D eigenvalue weighted by Gasteiger charge is 2.05. The van der Waals surface area contributed by atoms with Crippen molar-refractivity contribution in [3.8, 4) is 0 Å². The number of hydrogen-bond acceptors (Lipinski definition) is 2. The molecule has 0 saturated carbocycles. The van der Waals surface area contributed by atoms with Crippen LogP contribution in [-0.4, -0.2) is 23.8 Å². The predicted molar refractivity (Wildman–Crippen MR) is 75.3 cm³/mol. The Kier molecular flexibility index (Phi) is 6.75. The quantitative estimate of drug-likeness (QED) is 0.755. The number of halogens is 1. The number of amides is 2. The summed E-state index contributed by atoms with van der Waals surface area (Å²) in [5.41, 5.74) is 1.02. The maximum Gasteiger partial charge on any atom is 0.315 e. The third-order valence-corrected chi connectivity index (χ3v) is 2.96. The van der Waals surface area contributed by atoms with Gasteiger partial charge in [0.1, 0.15) is 0 Å². The second kappa shape index (κ2) is 8.11. The highest BCUT2D eigenvalue weighted by Crippen LogP contribution is 2.11. The zero-order valence-corrected chi connectivity index (χ0v) is 12.0. The molecule has 100 valence electrons. The van der Waals surface area contributed by atoms with Crippen LogP contribution in [0, 0.1) is 0 Å².